The van der Waals surface area contributed by atoms with Gasteiger partial charge in [0.25, 0.3) is 0 Å². The van der Waals surface area contributed by atoms with E-state index in [1.807, 2.05) is 6.92 Å². The van der Waals surface area contributed by atoms with E-state index in [0.717, 1.165) is 32.2 Å². The summed E-state index contributed by atoms with van der Waals surface area (Å²) in [5, 5.41) is 15.1. The average molecular weight is 200 g/mol. The Morgan fingerprint density at radius 1 is 1.64 bits per heavy atom. The molecule has 0 aromatic heterocycles. The van der Waals surface area contributed by atoms with Crippen molar-refractivity contribution in [1.29, 1.82) is 0 Å². The lowest BCUT2D eigenvalue weighted by Gasteiger charge is -2.21. The van der Waals surface area contributed by atoms with Gasteiger partial charge in [-0.2, -0.15) is 0 Å². The molecule has 0 aromatic rings. The molecule has 0 bridgehead atoms. The Kier molecular flexibility index (Phi) is 4.90. The number of aliphatic hydroxyl groups excluding tert-OH is 1. The van der Waals surface area contributed by atoms with Gasteiger partial charge in [-0.15, -0.1) is 0 Å². The molecule has 0 aliphatic carbocycles. The molecule has 1 amide bonds. The van der Waals surface area contributed by atoms with E-state index >= 15 is 0 Å². The second kappa shape index (κ2) is 5.98. The highest BCUT2D eigenvalue weighted by Crippen LogP contribution is 2.06. The van der Waals surface area contributed by atoms with Gasteiger partial charge in [0.2, 0.25) is 5.91 Å². The molecular formula is C10H20N2O2. The molecule has 82 valence electrons. The smallest absolute Gasteiger partial charge is 0.237 e. The number of hydrogen-bond donors (Lipinski definition) is 3. The highest BCUT2D eigenvalue weighted by atomic mass is 16.3. The van der Waals surface area contributed by atoms with Gasteiger partial charge in [-0.3, -0.25) is 4.79 Å². The van der Waals surface area contributed by atoms with Gasteiger partial charge in [-0.25, -0.2) is 0 Å². The first-order valence-corrected chi connectivity index (χ1v) is 5.42. The summed E-state index contributed by atoms with van der Waals surface area (Å²) >= 11 is 0. The molecule has 4 heteroatoms. The molecule has 0 radical (unpaired) electrons. The molecular weight excluding hydrogens is 180 g/mol. The van der Waals surface area contributed by atoms with Crippen LogP contribution in [0, 0.1) is 0 Å². The van der Waals surface area contributed by atoms with Crippen LogP contribution < -0.4 is 10.6 Å². The molecule has 4 nitrogen and oxygen atoms in total. The Balaban J connectivity index is 2.43. The Morgan fingerprint density at radius 3 is 3.07 bits per heavy atom. The zero-order valence-corrected chi connectivity index (χ0v) is 8.75. The third kappa shape index (κ3) is 3.27. The maximum Gasteiger partial charge on any atom is 0.237 e. The van der Waals surface area contributed by atoms with Crippen LogP contribution >= 0.6 is 0 Å². The number of nitrogens with one attached hydrogen (secondary N) is 2. The zero-order chi connectivity index (χ0) is 10.4. The minimum atomic E-state index is -0.116. The summed E-state index contributed by atoms with van der Waals surface area (Å²) in [4.78, 5) is 11.5. The zero-order valence-electron chi connectivity index (χ0n) is 8.75. The fourth-order valence-corrected chi connectivity index (χ4v) is 1.68. The molecule has 14 heavy (non-hydrogen) atoms. The standard InChI is InChI=1S/C10H20N2O2/c1-2-8(7-13)12-9-5-3-4-6-11-10(9)14/h8-9,12-13H,2-7H2,1H3,(H,11,14). The SMILES string of the molecule is CCC(CO)NC1CCCCNC1=O. The highest BCUT2D eigenvalue weighted by Gasteiger charge is 2.22. The van der Waals surface area contributed by atoms with Gasteiger partial charge in [0.15, 0.2) is 0 Å². The molecule has 3 N–H and O–H groups in total. The van der Waals surface area contributed by atoms with E-state index in [2.05, 4.69) is 10.6 Å². The first kappa shape index (κ1) is 11.5. The van der Waals surface area contributed by atoms with E-state index in [4.69, 9.17) is 5.11 Å². The first-order chi connectivity index (χ1) is 6.77. The Bertz CT molecular complexity index is 181. The maximum atomic E-state index is 11.5. The third-order valence-electron chi connectivity index (χ3n) is 2.69. The molecule has 0 spiro atoms. The van der Waals surface area contributed by atoms with E-state index < -0.39 is 0 Å². The Labute approximate surface area is 85.1 Å². The van der Waals surface area contributed by atoms with Gasteiger partial charge in [-0.1, -0.05) is 6.92 Å². The van der Waals surface area contributed by atoms with E-state index in [1.165, 1.54) is 0 Å². The molecule has 1 saturated heterocycles. The van der Waals surface area contributed by atoms with E-state index in [9.17, 15) is 4.79 Å². The number of carbonyl (C=O) groups excluding carboxylic acids is 1. The van der Waals surface area contributed by atoms with Crippen molar-refractivity contribution in [3.63, 3.8) is 0 Å². The van der Waals surface area contributed by atoms with Gasteiger partial charge >= 0.3 is 0 Å². The van der Waals surface area contributed by atoms with Crippen LogP contribution in [0.15, 0.2) is 0 Å². The molecule has 1 fully saturated rings. The predicted molar refractivity (Wildman–Crippen MR) is 54.9 cm³/mol. The number of aliphatic hydroxyl groups is 1. The quantitative estimate of drug-likeness (QED) is 0.599. The van der Waals surface area contributed by atoms with Crippen LogP contribution in [0.3, 0.4) is 0 Å². The fourth-order valence-electron chi connectivity index (χ4n) is 1.68. The summed E-state index contributed by atoms with van der Waals surface area (Å²) < 4.78 is 0. The highest BCUT2D eigenvalue weighted by molar-refractivity contribution is 5.81. The molecule has 0 aromatic carbocycles. The lowest BCUT2D eigenvalue weighted by Crippen LogP contribution is -2.48. The van der Waals surface area contributed by atoms with Crippen LogP contribution in [0.1, 0.15) is 32.6 Å². The minimum absolute atomic E-state index is 0.0452. The van der Waals surface area contributed by atoms with Crippen molar-refractivity contribution in [2.24, 2.45) is 0 Å². The molecule has 0 saturated carbocycles. The maximum absolute atomic E-state index is 11.5. The first-order valence-electron chi connectivity index (χ1n) is 5.42. The third-order valence-corrected chi connectivity index (χ3v) is 2.69. The van der Waals surface area contributed by atoms with Crippen LogP contribution in [-0.4, -0.2) is 36.2 Å². The number of amides is 1. The summed E-state index contributed by atoms with van der Waals surface area (Å²) in [5.41, 5.74) is 0. The average Bonchev–Trinajstić information content (AvgIpc) is 2.40. The molecule has 1 heterocycles. The van der Waals surface area contributed by atoms with E-state index in [1.54, 1.807) is 0 Å². The van der Waals surface area contributed by atoms with Crippen LogP contribution in [0.5, 0.6) is 0 Å². The normalized spacial score (nSPS) is 25.3. The van der Waals surface area contributed by atoms with E-state index in [0.29, 0.717) is 0 Å². The molecule has 2 unspecified atom stereocenters. The monoisotopic (exact) mass is 200 g/mol. The fraction of sp³-hybridized carbons (Fsp3) is 0.900. The topological polar surface area (TPSA) is 61.4 Å². The second-order valence-electron chi connectivity index (χ2n) is 3.79. The largest absolute Gasteiger partial charge is 0.395 e. The van der Waals surface area contributed by atoms with E-state index in [-0.39, 0.29) is 24.6 Å². The summed E-state index contributed by atoms with van der Waals surface area (Å²) in [6.07, 6.45) is 3.85. The van der Waals surface area contributed by atoms with Gasteiger partial charge in [0, 0.05) is 12.6 Å². The summed E-state index contributed by atoms with van der Waals surface area (Å²) in [5.74, 6) is 0.0781. The van der Waals surface area contributed by atoms with Gasteiger partial charge in [0.05, 0.1) is 12.6 Å². The van der Waals surface area contributed by atoms with Crippen LogP contribution in [0.25, 0.3) is 0 Å². The predicted octanol–water partition coefficient (Wildman–Crippen LogP) is 0.0156. The second-order valence-corrected chi connectivity index (χ2v) is 3.79. The van der Waals surface area contributed by atoms with Crippen molar-refractivity contribution in [1.82, 2.24) is 10.6 Å². The van der Waals surface area contributed by atoms with Crippen LogP contribution in [-0.2, 0) is 4.79 Å². The van der Waals surface area contributed by atoms with Crippen molar-refractivity contribution < 1.29 is 9.90 Å². The van der Waals surface area contributed by atoms with Gasteiger partial charge in [-0.05, 0) is 25.7 Å². The van der Waals surface area contributed by atoms with Crippen molar-refractivity contribution in [2.45, 2.75) is 44.7 Å². The molecule has 1 aliphatic heterocycles. The number of rotatable bonds is 4. The van der Waals surface area contributed by atoms with Crippen molar-refractivity contribution in [3.8, 4) is 0 Å². The summed E-state index contributed by atoms with van der Waals surface area (Å²) in [6.45, 7) is 2.88. The van der Waals surface area contributed by atoms with Crippen LogP contribution in [0.4, 0.5) is 0 Å². The minimum Gasteiger partial charge on any atom is -0.395 e. The van der Waals surface area contributed by atoms with Gasteiger partial charge in [0.1, 0.15) is 0 Å². The summed E-state index contributed by atoms with van der Waals surface area (Å²) in [7, 11) is 0. The van der Waals surface area contributed by atoms with Crippen LogP contribution in [0.2, 0.25) is 0 Å². The van der Waals surface area contributed by atoms with Gasteiger partial charge < -0.3 is 15.7 Å². The Morgan fingerprint density at radius 2 is 2.43 bits per heavy atom. The molecule has 2 atom stereocenters. The molecule has 1 aliphatic rings. The van der Waals surface area contributed by atoms with Crippen molar-refractivity contribution in [2.75, 3.05) is 13.2 Å². The summed E-state index contributed by atoms with van der Waals surface area (Å²) in [6, 6.07) is -0.0709. The molecule has 1 rings (SSSR count). The number of carbonyl (C=O) groups is 1. The van der Waals surface area contributed by atoms with Crippen molar-refractivity contribution >= 4 is 5.91 Å². The number of hydrogen-bond acceptors (Lipinski definition) is 3. The lowest BCUT2D eigenvalue weighted by atomic mass is 10.1. The lowest BCUT2D eigenvalue weighted by molar-refractivity contribution is -0.123. The Hall–Kier alpha value is -0.610. The van der Waals surface area contributed by atoms with Crippen molar-refractivity contribution in [3.05, 3.63) is 0 Å².